The lowest BCUT2D eigenvalue weighted by atomic mass is 10.3. The minimum atomic E-state index is 0.259. The molecule has 2 rings (SSSR count). The fourth-order valence-corrected chi connectivity index (χ4v) is 2.43. The number of nitrogens with zero attached hydrogens (tertiary/aromatic N) is 3. The second kappa shape index (κ2) is 6.02. The summed E-state index contributed by atoms with van der Waals surface area (Å²) in [6, 6.07) is 4.29. The van der Waals surface area contributed by atoms with E-state index in [0.29, 0.717) is 0 Å². The lowest BCUT2D eigenvalue weighted by Crippen LogP contribution is -2.18. The van der Waals surface area contributed by atoms with Crippen LogP contribution in [0.1, 0.15) is 37.0 Å². The average Bonchev–Trinajstić information content (AvgIpc) is 2.86. The van der Waals surface area contributed by atoms with Gasteiger partial charge in [-0.2, -0.15) is 0 Å². The van der Waals surface area contributed by atoms with Crippen LogP contribution in [0.25, 0.3) is 10.6 Å². The van der Waals surface area contributed by atoms with E-state index in [2.05, 4.69) is 34.3 Å². The van der Waals surface area contributed by atoms with Gasteiger partial charge in [-0.15, -0.1) is 10.2 Å². The third-order valence-corrected chi connectivity index (χ3v) is 3.82. The van der Waals surface area contributed by atoms with Crippen molar-refractivity contribution < 1.29 is 0 Å². The van der Waals surface area contributed by atoms with Gasteiger partial charge in [0.15, 0.2) is 0 Å². The Hall–Kier alpha value is -1.33. The monoisotopic (exact) mass is 262 g/mol. The second-order valence-electron chi connectivity index (χ2n) is 4.31. The van der Waals surface area contributed by atoms with E-state index >= 15 is 0 Å². The number of rotatable bonds is 5. The molecule has 2 heterocycles. The van der Waals surface area contributed by atoms with Gasteiger partial charge >= 0.3 is 0 Å². The smallest absolute Gasteiger partial charge is 0.149 e. The summed E-state index contributed by atoms with van der Waals surface area (Å²) >= 11 is 1.63. The zero-order chi connectivity index (χ0) is 13.0. The molecule has 0 amide bonds. The maximum atomic E-state index is 4.28. The highest BCUT2D eigenvalue weighted by Gasteiger charge is 2.12. The maximum absolute atomic E-state index is 4.28. The average molecular weight is 262 g/mol. The summed E-state index contributed by atoms with van der Waals surface area (Å²) in [5, 5.41) is 13.9. The fraction of sp³-hybridized carbons (Fsp3) is 0.462. The van der Waals surface area contributed by atoms with Crippen LogP contribution < -0.4 is 5.32 Å². The van der Waals surface area contributed by atoms with E-state index in [4.69, 9.17) is 0 Å². The summed E-state index contributed by atoms with van der Waals surface area (Å²) in [6.07, 6.45) is 2.97. The van der Waals surface area contributed by atoms with E-state index in [1.807, 2.05) is 25.3 Å². The number of hydrogen-bond acceptors (Lipinski definition) is 5. The Bertz CT molecular complexity index is 492. The van der Waals surface area contributed by atoms with Gasteiger partial charge in [-0.1, -0.05) is 18.3 Å². The normalized spacial score (nSPS) is 12.6. The minimum Gasteiger partial charge on any atom is -0.308 e. The van der Waals surface area contributed by atoms with Gasteiger partial charge in [0.1, 0.15) is 10.0 Å². The molecule has 0 saturated carbocycles. The van der Waals surface area contributed by atoms with Crippen LogP contribution in [0.3, 0.4) is 0 Å². The predicted molar refractivity (Wildman–Crippen MR) is 74.6 cm³/mol. The molecule has 0 saturated heterocycles. The number of nitrogens with one attached hydrogen (secondary N) is 1. The first-order valence-corrected chi connectivity index (χ1v) is 7.02. The molecule has 0 aromatic carbocycles. The summed E-state index contributed by atoms with van der Waals surface area (Å²) < 4.78 is 0. The molecule has 0 radical (unpaired) electrons. The van der Waals surface area contributed by atoms with Crippen LogP contribution in [-0.2, 0) is 0 Å². The van der Waals surface area contributed by atoms with Crippen molar-refractivity contribution in [1.29, 1.82) is 0 Å². The molecule has 1 atom stereocenters. The molecule has 1 unspecified atom stereocenters. The van der Waals surface area contributed by atoms with Gasteiger partial charge < -0.3 is 5.32 Å². The first kappa shape index (κ1) is 13.1. The second-order valence-corrected chi connectivity index (χ2v) is 5.32. The van der Waals surface area contributed by atoms with Crippen LogP contribution in [0, 0.1) is 6.92 Å². The Morgan fingerprint density at radius 3 is 2.83 bits per heavy atom. The van der Waals surface area contributed by atoms with E-state index in [1.54, 1.807) is 11.3 Å². The van der Waals surface area contributed by atoms with Crippen molar-refractivity contribution in [2.45, 2.75) is 33.2 Å². The highest BCUT2D eigenvalue weighted by molar-refractivity contribution is 7.14. The zero-order valence-corrected chi connectivity index (χ0v) is 11.8. The van der Waals surface area contributed by atoms with Crippen LogP contribution in [0.5, 0.6) is 0 Å². The molecule has 0 aliphatic carbocycles. The molecule has 2 aromatic heterocycles. The Labute approximate surface area is 111 Å². The zero-order valence-electron chi connectivity index (χ0n) is 11.0. The quantitative estimate of drug-likeness (QED) is 0.900. The van der Waals surface area contributed by atoms with Crippen molar-refractivity contribution in [1.82, 2.24) is 20.5 Å². The van der Waals surface area contributed by atoms with Gasteiger partial charge in [0, 0.05) is 17.5 Å². The van der Waals surface area contributed by atoms with Crippen molar-refractivity contribution in [3.8, 4) is 10.6 Å². The summed E-state index contributed by atoms with van der Waals surface area (Å²) in [5.41, 5.74) is 2.05. The summed E-state index contributed by atoms with van der Waals surface area (Å²) in [7, 11) is 0. The molecular formula is C13H18N4S. The lowest BCUT2D eigenvalue weighted by Gasteiger charge is -2.08. The van der Waals surface area contributed by atoms with Gasteiger partial charge in [-0.25, -0.2) is 0 Å². The topological polar surface area (TPSA) is 50.7 Å². The summed E-state index contributed by atoms with van der Waals surface area (Å²) in [4.78, 5) is 4.28. The van der Waals surface area contributed by atoms with Gasteiger partial charge in [0.25, 0.3) is 0 Å². The van der Waals surface area contributed by atoms with Crippen molar-refractivity contribution in [3.63, 3.8) is 0 Å². The number of hydrogen-bond donors (Lipinski definition) is 1. The molecule has 0 spiro atoms. The molecule has 5 heteroatoms. The van der Waals surface area contributed by atoms with Gasteiger partial charge in [0.05, 0.1) is 6.04 Å². The summed E-state index contributed by atoms with van der Waals surface area (Å²) in [6.45, 7) is 7.25. The van der Waals surface area contributed by atoms with Crippen LogP contribution in [0.2, 0.25) is 0 Å². The first-order chi connectivity index (χ1) is 8.70. The molecule has 2 aromatic rings. The molecule has 18 heavy (non-hydrogen) atoms. The number of pyridine rings is 1. The summed E-state index contributed by atoms with van der Waals surface area (Å²) in [5.74, 6) is 0. The van der Waals surface area contributed by atoms with Crippen LogP contribution in [0.15, 0.2) is 18.3 Å². The molecule has 96 valence electrons. The highest BCUT2D eigenvalue weighted by atomic mass is 32.1. The van der Waals surface area contributed by atoms with Crippen molar-refractivity contribution >= 4 is 11.3 Å². The third-order valence-electron chi connectivity index (χ3n) is 2.67. The van der Waals surface area contributed by atoms with E-state index < -0.39 is 0 Å². The fourth-order valence-electron chi connectivity index (χ4n) is 1.57. The molecular weight excluding hydrogens is 244 g/mol. The standard InChI is InChI=1S/C13H18N4S/c1-4-7-14-10(3)12-16-17-13(18-12)11-6-5-9(2)15-8-11/h5-6,8,10,14H,4,7H2,1-3H3. The van der Waals surface area contributed by atoms with Crippen LogP contribution >= 0.6 is 11.3 Å². The van der Waals surface area contributed by atoms with Gasteiger partial charge in [-0.3, -0.25) is 4.98 Å². The molecule has 0 fully saturated rings. The predicted octanol–water partition coefficient (Wildman–Crippen LogP) is 2.97. The Morgan fingerprint density at radius 1 is 1.33 bits per heavy atom. The molecule has 0 aliphatic rings. The SMILES string of the molecule is CCCNC(C)c1nnc(-c2ccc(C)nc2)s1. The highest BCUT2D eigenvalue weighted by Crippen LogP contribution is 2.26. The van der Waals surface area contributed by atoms with Crippen LogP contribution in [-0.4, -0.2) is 21.7 Å². The number of aryl methyl sites for hydroxylation is 1. The first-order valence-electron chi connectivity index (χ1n) is 6.20. The van der Waals surface area contributed by atoms with Crippen molar-refractivity contribution in [3.05, 3.63) is 29.0 Å². The molecule has 0 bridgehead atoms. The lowest BCUT2D eigenvalue weighted by molar-refractivity contribution is 0.564. The van der Waals surface area contributed by atoms with E-state index in [0.717, 1.165) is 34.2 Å². The van der Waals surface area contributed by atoms with Gasteiger partial charge in [-0.05, 0) is 38.9 Å². The van der Waals surface area contributed by atoms with E-state index in [1.165, 1.54) is 0 Å². The van der Waals surface area contributed by atoms with E-state index in [-0.39, 0.29) is 6.04 Å². The van der Waals surface area contributed by atoms with Gasteiger partial charge in [0.2, 0.25) is 0 Å². The van der Waals surface area contributed by atoms with Crippen molar-refractivity contribution in [2.75, 3.05) is 6.54 Å². The third kappa shape index (κ3) is 3.11. The Balaban J connectivity index is 2.12. The molecule has 1 N–H and O–H groups in total. The molecule has 0 aliphatic heterocycles. The number of aromatic nitrogens is 3. The largest absolute Gasteiger partial charge is 0.308 e. The molecule has 4 nitrogen and oxygen atoms in total. The van der Waals surface area contributed by atoms with Crippen LogP contribution in [0.4, 0.5) is 0 Å². The minimum absolute atomic E-state index is 0.259. The Kier molecular flexibility index (Phi) is 4.38. The van der Waals surface area contributed by atoms with E-state index in [9.17, 15) is 0 Å². The van der Waals surface area contributed by atoms with Crippen molar-refractivity contribution in [2.24, 2.45) is 0 Å². The maximum Gasteiger partial charge on any atom is 0.149 e. The Morgan fingerprint density at radius 2 is 2.17 bits per heavy atom.